The van der Waals surface area contributed by atoms with E-state index in [4.69, 9.17) is 4.74 Å². The van der Waals surface area contributed by atoms with Crippen molar-refractivity contribution in [2.75, 3.05) is 19.0 Å². The largest absolute Gasteiger partial charge is 0.496 e. The van der Waals surface area contributed by atoms with Crippen LogP contribution >= 0.6 is 0 Å². The lowest BCUT2D eigenvalue weighted by atomic mass is 10.0. The first kappa shape index (κ1) is 19.9. The number of anilines is 1. The third-order valence-corrected chi connectivity index (χ3v) is 3.89. The molecule has 0 aliphatic heterocycles. The van der Waals surface area contributed by atoms with Crippen LogP contribution in [0.3, 0.4) is 0 Å². The molecule has 2 aromatic carbocycles. The van der Waals surface area contributed by atoms with E-state index in [1.165, 1.54) is 14.0 Å². The number of para-hydroxylation sites is 1. The molecule has 6 heteroatoms. The molecule has 0 heterocycles. The first-order valence-corrected chi connectivity index (χ1v) is 8.42. The molecule has 27 heavy (non-hydrogen) atoms. The molecule has 0 unspecified atom stereocenters. The highest BCUT2D eigenvalue weighted by Gasteiger charge is 2.15. The Morgan fingerprint density at radius 1 is 1.15 bits per heavy atom. The zero-order valence-electron chi connectivity index (χ0n) is 15.4. The summed E-state index contributed by atoms with van der Waals surface area (Å²) in [6, 6.07) is 11.7. The Morgan fingerprint density at radius 3 is 2.56 bits per heavy atom. The number of hydrogen-bond donors (Lipinski definition) is 2. The molecule has 0 fully saturated rings. The maximum Gasteiger partial charge on any atom is 0.253 e. The molecular formula is C21H22N2O4. The minimum atomic E-state index is -0.321. The number of hydrogen-bond acceptors (Lipinski definition) is 4. The first-order chi connectivity index (χ1) is 13.0. The average molecular weight is 366 g/mol. The second kappa shape index (κ2) is 9.33. The Balaban J connectivity index is 2.19. The Morgan fingerprint density at radius 2 is 1.89 bits per heavy atom. The van der Waals surface area contributed by atoms with Gasteiger partial charge in [0.1, 0.15) is 5.75 Å². The van der Waals surface area contributed by atoms with Crippen LogP contribution in [0.2, 0.25) is 0 Å². The third kappa shape index (κ3) is 5.28. The van der Waals surface area contributed by atoms with Crippen molar-refractivity contribution in [3.05, 3.63) is 71.8 Å². The molecule has 6 nitrogen and oxygen atoms in total. The van der Waals surface area contributed by atoms with Crippen LogP contribution < -0.4 is 15.4 Å². The van der Waals surface area contributed by atoms with Crippen molar-refractivity contribution in [2.45, 2.75) is 13.3 Å². The van der Waals surface area contributed by atoms with E-state index in [1.54, 1.807) is 48.5 Å². The molecular weight excluding hydrogens is 344 g/mol. The molecule has 0 bridgehead atoms. The molecule has 0 atom stereocenters. The van der Waals surface area contributed by atoms with E-state index >= 15 is 0 Å². The third-order valence-electron chi connectivity index (χ3n) is 3.89. The topological polar surface area (TPSA) is 84.5 Å². The second-order valence-electron chi connectivity index (χ2n) is 5.85. The molecule has 0 aromatic heterocycles. The van der Waals surface area contributed by atoms with Crippen molar-refractivity contribution < 1.29 is 19.1 Å². The van der Waals surface area contributed by atoms with Gasteiger partial charge in [-0.3, -0.25) is 14.4 Å². The Labute approximate surface area is 158 Å². The van der Waals surface area contributed by atoms with E-state index < -0.39 is 0 Å². The molecule has 0 saturated heterocycles. The van der Waals surface area contributed by atoms with E-state index in [0.717, 1.165) is 0 Å². The van der Waals surface area contributed by atoms with Gasteiger partial charge in [0.2, 0.25) is 5.91 Å². The van der Waals surface area contributed by atoms with Gasteiger partial charge in [-0.1, -0.05) is 18.2 Å². The van der Waals surface area contributed by atoms with Crippen molar-refractivity contribution in [1.29, 1.82) is 0 Å². The predicted octanol–water partition coefficient (Wildman–Crippen LogP) is 2.99. The van der Waals surface area contributed by atoms with Crippen LogP contribution in [0.25, 0.3) is 0 Å². The zero-order valence-corrected chi connectivity index (χ0v) is 15.4. The van der Waals surface area contributed by atoms with E-state index in [9.17, 15) is 14.4 Å². The molecule has 0 aliphatic rings. The smallest absolute Gasteiger partial charge is 0.253 e. The Hall–Kier alpha value is -3.41. The Bertz CT molecular complexity index is 874. The highest BCUT2D eigenvalue weighted by Crippen LogP contribution is 2.22. The average Bonchev–Trinajstić information content (AvgIpc) is 2.66. The van der Waals surface area contributed by atoms with Gasteiger partial charge in [0.05, 0.1) is 24.8 Å². The zero-order chi connectivity index (χ0) is 19.8. The molecule has 2 amide bonds. The summed E-state index contributed by atoms with van der Waals surface area (Å²) in [4.78, 5) is 36.3. The van der Waals surface area contributed by atoms with E-state index in [-0.39, 0.29) is 24.0 Å². The molecule has 0 saturated carbocycles. The number of rotatable bonds is 8. The van der Waals surface area contributed by atoms with Gasteiger partial charge in [0.15, 0.2) is 5.78 Å². The van der Waals surface area contributed by atoms with Gasteiger partial charge in [0.25, 0.3) is 5.91 Å². The van der Waals surface area contributed by atoms with Crippen LogP contribution in [0.1, 0.15) is 33.2 Å². The summed E-state index contributed by atoms with van der Waals surface area (Å²) >= 11 is 0. The fraction of sp³-hybridized carbons (Fsp3) is 0.190. The predicted molar refractivity (Wildman–Crippen MR) is 104 cm³/mol. The van der Waals surface area contributed by atoms with Crippen LogP contribution in [0.15, 0.2) is 55.1 Å². The second-order valence-corrected chi connectivity index (χ2v) is 5.85. The molecule has 0 aliphatic carbocycles. The highest BCUT2D eigenvalue weighted by molar-refractivity contribution is 6.04. The van der Waals surface area contributed by atoms with Crippen LogP contribution in [-0.4, -0.2) is 31.3 Å². The van der Waals surface area contributed by atoms with Crippen LogP contribution in [0.5, 0.6) is 5.75 Å². The fourth-order valence-corrected chi connectivity index (χ4v) is 2.55. The summed E-state index contributed by atoms with van der Waals surface area (Å²) in [7, 11) is 1.50. The monoisotopic (exact) mass is 366 g/mol. The van der Waals surface area contributed by atoms with Crippen molar-refractivity contribution in [2.24, 2.45) is 0 Å². The van der Waals surface area contributed by atoms with Gasteiger partial charge in [0, 0.05) is 17.7 Å². The fourth-order valence-electron chi connectivity index (χ4n) is 2.55. The maximum atomic E-state index is 12.5. The maximum absolute atomic E-state index is 12.5. The van der Waals surface area contributed by atoms with Crippen LogP contribution in [0.4, 0.5) is 5.69 Å². The minimum Gasteiger partial charge on any atom is -0.496 e. The van der Waals surface area contributed by atoms with Crippen molar-refractivity contribution in [3.8, 4) is 5.75 Å². The summed E-state index contributed by atoms with van der Waals surface area (Å²) < 4.78 is 5.27. The summed E-state index contributed by atoms with van der Waals surface area (Å²) in [5, 5.41) is 5.43. The van der Waals surface area contributed by atoms with Gasteiger partial charge in [-0.05, 0) is 37.3 Å². The van der Waals surface area contributed by atoms with Gasteiger partial charge < -0.3 is 15.4 Å². The molecule has 2 aromatic rings. The lowest BCUT2D eigenvalue weighted by Gasteiger charge is -2.13. The van der Waals surface area contributed by atoms with Crippen molar-refractivity contribution >= 4 is 23.3 Å². The van der Waals surface area contributed by atoms with Crippen molar-refractivity contribution in [3.63, 3.8) is 0 Å². The summed E-state index contributed by atoms with van der Waals surface area (Å²) in [5.41, 5.74) is 1.86. The number of amides is 2. The van der Waals surface area contributed by atoms with E-state index in [1.807, 2.05) is 0 Å². The molecule has 2 rings (SSSR count). The number of carbonyl (C=O) groups excluding carboxylic acids is 3. The molecule has 0 spiro atoms. The molecule has 140 valence electrons. The lowest BCUT2D eigenvalue weighted by Crippen LogP contribution is -2.25. The number of methoxy groups -OCH3 is 1. The standard InChI is InChI=1S/C21H22N2O4/c1-4-11-22-21(26)17-7-5-6-8-18(17)23-20(25)13-16-12-15(14(2)24)9-10-19(16)27-3/h4-10,12H,1,11,13H2,2-3H3,(H,22,26)(H,23,25). The summed E-state index contributed by atoms with van der Waals surface area (Å²) in [5.74, 6) is -0.198. The number of Topliss-reactive ketones (excluding diaryl/α,β-unsaturated/α-hetero) is 1. The minimum absolute atomic E-state index is 0.00685. The quantitative estimate of drug-likeness (QED) is 0.556. The number of ketones is 1. The summed E-state index contributed by atoms with van der Waals surface area (Å²) in [6.07, 6.45) is 1.58. The van der Waals surface area contributed by atoms with E-state index in [2.05, 4.69) is 17.2 Å². The number of nitrogens with one attached hydrogen (secondary N) is 2. The number of benzene rings is 2. The Kier molecular flexibility index (Phi) is 6.88. The molecule has 0 radical (unpaired) electrons. The normalized spacial score (nSPS) is 10.0. The van der Waals surface area contributed by atoms with Gasteiger partial charge in [-0.15, -0.1) is 6.58 Å². The summed E-state index contributed by atoms with van der Waals surface area (Å²) in [6.45, 7) is 5.35. The van der Waals surface area contributed by atoms with Gasteiger partial charge in [-0.2, -0.15) is 0 Å². The van der Waals surface area contributed by atoms with E-state index in [0.29, 0.717) is 34.7 Å². The first-order valence-electron chi connectivity index (χ1n) is 8.42. The SMILES string of the molecule is C=CCNC(=O)c1ccccc1NC(=O)Cc1cc(C(C)=O)ccc1OC. The van der Waals surface area contributed by atoms with Gasteiger partial charge >= 0.3 is 0 Å². The lowest BCUT2D eigenvalue weighted by molar-refractivity contribution is -0.115. The molecule has 2 N–H and O–H groups in total. The van der Waals surface area contributed by atoms with Crippen molar-refractivity contribution in [1.82, 2.24) is 5.32 Å². The highest BCUT2D eigenvalue weighted by atomic mass is 16.5. The van der Waals surface area contributed by atoms with Crippen LogP contribution in [0, 0.1) is 0 Å². The van der Waals surface area contributed by atoms with Crippen LogP contribution in [-0.2, 0) is 11.2 Å². The number of carbonyl (C=O) groups is 3. The van der Waals surface area contributed by atoms with Gasteiger partial charge in [-0.25, -0.2) is 0 Å². The number of ether oxygens (including phenoxy) is 1.